The number of hydrogen-bond donors (Lipinski definition) is 2. The van der Waals surface area contributed by atoms with Crippen LogP contribution < -0.4 is 10.6 Å². The first-order chi connectivity index (χ1) is 12.8. The molecule has 27 heavy (non-hydrogen) atoms. The lowest BCUT2D eigenvalue weighted by Gasteiger charge is -2.33. The van der Waals surface area contributed by atoms with E-state index in [1.807, 2.05) is 13.1 Å². The molecule has 0 bridgehead atoms. The van der Waals surface area contributed by atoms with Crippen LogP contribution in [0.3, 0.4) is 0 Å². The largest absolute Gasteiger partial charge is 0.373 e. The first-order valence-electron chi connectivity index (χ1n) is 9.46. The van der Waals surface area contributed by atoms with Crippen molar-refractivity contribution in [2.24, 2.45) is 10.9 Å². The molecule has 5 heteroatoms. The third-order valence-corrected chi connectivity index (χ3v) is 4.98. The summed E-state index contributed by atoms with van der Waals surface area (Å²) in [6.07, 6.45) is 2.43. The van der Waals surface area contributed by atoms with E-state index in [-0.39, 0.29) is 36.1 Å². The SMILES string of the molecule is CN=C(NCC1CCCOC1c1ccccc1)NC(C)c1ccccc1.I. The molecule has 1 aliphatic heterocycles. The van der Waals surface area contributed by atoms with Crippen molar-refractivity contribution in [3.63, 3.8) is 0 Å². The fraction of sp³-hybridized carbons (Fsp3) is 0.409. The van der Waals surface area contributed by atoms with Crippen LogP contribution in [0.25, 0.3) is 0 Å². The number of benzene rings is 2. The van der Waals surface area contributed by atoms with Gasteiger partial charge in [0.2, 0.25) is 0 Å². The molecule has 3 atom stereocenters. The number of aliphatic imine (C=N–C) groups is 1. The highest BCUT2D eigenvalue weighted by Gasteiger charge is 2.27. The Balaban J connectivity index is 0.00000261. The third-order valence-electron chi connectivity index (χ3n) is 4.98. The highest BCUT2D eigenvalue weighted by atomic mass is 127. The maximum atomic E-state index is 6.09. The van der Waals surface area contributed by atoms with E-state index in [2.05, 4.69) is 77.1 Å². The predicted octanol–water partition coefficient (Wildman–Crippen LogP) is 4.70. The average Bonchev–Trinajstić information content (AvgIpc) is 2.72. The van der Waals surface area contributed by atoms with Gasteiger partial charge in [0.25, 0.3) is 0 Å². The van der Waals surface area contributed by atoms with Crippen molar-refractivity contribution in [3.05, 3.63) is 71.8 Å². The van der Waals surface area contributed by atoms with Gasteiger partial charge in [-0.25, -0.2) is 0 Å². The zero-order chi connectivity index (χ0) is 18.2. The maximum absolute atomic E-state index is 6.09. The minimum Gasteiger partial charge on any atom is -0.373 e. The van der Waals surface area contributed by atoms with Gasteiger partial charge >= 0.3 is 0 Å². The molecule has 0 aliphatic carbocycles. The molecular weight excluding hydrogens is 449 g/mol. The Bertz CT molecular complexity index is 693. The minimum atomic E-state index is 0. The highest BCUT2D eigenvalue weighted by Crippen LogP contribution is 2.33. The molecule has 2 N–H and O–H groups in total. The summed E-state index contributed by atoms with van der Waals surface area (Å²) in [5, 5.41) is 6.97. The van der Waals surface area contributed by atoms with Crippen molar-refractivity contribution in [1.29, 1.82) is 0 Å². The van der Waals surface area contributed by atoms with Crippen LogP contribution >= 0.6 is 24.0 Å². The first-order valence-corrected chi connectivity index (χ1v) is 9.46. The van der Waals surface area contributed by atoms with Gasteiger partial charge in [-0.2, -0.15) is 0 Å². The smallest absolute Gasteiger partial charge is 0.191 e. The Morgan fingerprint density at radius 2 is 1.78 bits per heavy atom. The van der Waals surface area contributed by atoms with Crippen LogP contribution in [0.4, 0.5) is 0 Å². The summed E-state index contributed by atoms with van der Waals surface area (Å²) in [5.41, 5.74) is 2.51. The molecule has 0 saturated carbocycles. The monoisotopic (exact) mass is 479 g/mol. The Morgan fingerprint density at radius 3 is 2.44 bits per heavy atom. The summed E-state index contributed by atoms with van der Waals surface area (Å²) in [6, 6.07) is 21.2. The molecule has 146 valence electrons. The lowest BCUT2D eigenvalue weighted by molar-refractivity contribution is -0.0265. The van der Waals surface area contributed by atoms with E-state index in [1.54, 1.807) is 0 Å². The van der Waals surface area contributed by atoms with Gasteiger partial charge in [-0.3, -0.25) is 4.99 Å². The zero-order valence-electron chi connectivity index (χ0n) is 16.1. The van der Waals surface area contributed by atoms with Crippen molar-refractivity contribution < 1.29 is 4.74 Å². The molecule has 1 fully saturated rings. The van der Waals surface area contributed by atoms with Crippen LogP contribution in [0, 0.1) is 5.92 Å². The Morgan fingerprint density at radius 1 is 1.11 bits per heavy atom. The lowest BCUT2D eigenvalue weighted by atomic mass is 9.89. The molecule has 1 aliphatic rings. The van der Waals surface area contributed by atoms with Crippen LogP contribution in [0.5, 0.6) is 0 Å². The Kier molecular flexibility index (Phi) is 9.07. The van der Waals surface area contributed by atoms with Gasteiger partial charge in [-0.1, -0.05) is 60.7 Å². The average molecular weight is 479 g/mol. The summed E-state index contributed by atoms with van der Waals surface area (Å²) in [7, 11) is 1.82. The second kappa shape index (κ2) is 11.3. The van der Waals surface area contributed by atoms with Crippen LogP contribution in [-0.2, 0) is 4.74 Å². The van der Waals surface area contributed by atoms with Crippen molar-refractivity contribution in [2.75, 3.05) is 20.2 Å². The first kappa shape index (κ1) is 21.7. The summed E-state index contributed by atoms with van der Waals surface area (Å²) in [6.45, 7) is 3.84. The van der Waals surface area contributed by atoms with E-state index < -0.39 is 0 Å². The number of rotatable bonds is 5. The minimum absolute atomic E-state index is 0. The molecule has 0 amide bonds. The van der Waals surface area contributed by atoms with Gasteiger partial charge in [0.05, 0.1) is 12.1 Å². The number of ether oxygens (including phenoxy) is 1. The number of halogens is 1. The topological polar surface area (TPSA) is 45.7 Å². The highest BCUT2D eigenvalue weighted by molar-refractivity contribution is 14.0. The van der Waals surface area contributed by atoms with E-state index >= 15 is 0 Å². The number of nitrogens with one attached hydrogen (secondary N) is 2. The molecule has 4 nitrogen and oxygen atoms in total. The molecule has 2 aromatic rings. The van der Waals surface area contributed by atoms with Crippen molar-refractivity contribution in [2.45, 2.75) is 31.9 Å². The Hall–Kier alpha value is -1.60. The predicted molar refractivity (Wildman–Crippen MR) is 123 cm³/mol. The molecule has 1 heterocycles. The van der Waals surface area contributed by atoms with Gasteiger partial charge in [-0.15, -0.1) is 24.0 Å². The van der Waals surface area contributed by atoms with Crippen LogP contribution in [0.2, 0.25) is 0 Å². The lowest BCUT2D eigenvalue weighted by Crippen LogP contribution is -2.42. The quantitative estimate of drug-likeness (QED) is 0.372. The fourth-order valence-corrected chi connectivity index (χ4v) is 3.52. The van der Waals surface area contributed by atoms with E-state index in [4.69, 9.17) is 4.74 Å². The van der Waals surface area contributed by atoms with Gasteiger partial charge in [0.1, 0.15) is 0 Å². The van der Waals surface area contributed by atoms with Crippen molar-refractivity contribution in [1.82, 2.24) is 10.6 Å². The standard InChI is InChI=1S/C22H29N3O.HI/c1-17(18-10-5-3-6-11-18)25-22(23-2)24-16-20-14-9-15-26-21(20)19-12-7-4-8-13-19;/h3-8,10-13,17,20-21H,9,14-16H2,1-2H3,(H2,23,24,25);1H. The molecule has 1 saturated heterocycles. The second-order valence-corrected chi connectivity index (χ2v) is 6.83. The van der Waals surface area contributed by atoms with Gasteiger partial charge in [-0.05, 0) is 30.9 Å². The molecular formula is C22H30IN3O. The summed E-state index contributed by atoms with van der Waals surface area (Å²) in [5.74, 6) is 1.27. The van der Waals surface area contributed by atoms with Gasteiger partial charge in [0, 0.05) is 26.1 Å². The number of guanidine groups is 1. The van der Waals surface area contributed by atoms with Gasteiger partial charge < -0.3 is 15.4 Å². The van der Waals surface area contributed by atoms with Crippen LogP contribution in [0.15, 0.2) is 65.7 Å². The molecule has 2 aromatic carbocycles. The zero-order valence-corrected chi connectivity index (χ0v) is 18.4. The van der Waals surface area contributed by atoms with Crippen molar-refractivity contribution in [3.8, 4) is 0 Å². The summed E-state index contributed by atoms with van der Waals surface area (Å²) >= 11 is 0. The van der Waals surface area contributed by atoms with E-state index in [0.717, 1.165) is 32.0 Å². The van der Waals surface area contributed by atoms with E-state index in [1.165, 1.54) is 11.1 Å². The van der Waals surface area contributed by atoms with E-state index in [0.29, 0.717) is 5.92 Å². The molecule has 3 rings (SSSR count). The molecule has 3 unspecified atom stereocenters. The van der Waals surface area contributed by atoms with E-state index in [9.17, 15) is 0 Å². The third kappa shape index (κ3) is 6.21. The number of nitrogens with zero attached hydrogens (tertiary/aromatic N) is 1. The summed E-state index contributed by atoms with van der Waals surface area (Å²) < 4.78 is 6.09. The van der Waals surface area contributed by atoms with Crippen LogP contribution in [0.1, 0.15) is 43.0 Å². The van der Waals surface area contributed by atoms with Crippen molar-refractivity contribution >= 4 is 29.9 Å². The normalized spacial score (nSPS) is 21.0. The van der Waals surface area contributed by atoms with Crippen LogP contribution in [-0.4, -0.2) is 26.2 Å². The Labute approximate surface area is 179 Å². The van der Waals surface area contributed by atoms with Gasteiger partial charge in [0.15, 0.2) is 5.96 Å². The second-order valence-electron chi connectivity index (χ2n) is 6.83. The number of hydrogen-bond acceptors (Lipinski definition) is 2. The fourth-order valence-electron chi connectivity index (χ4n) is 3.52. The molecule has 0 spiro atoms. The summed E-state index contributed by atoms with van der Waals surface area (Å²) in [4.78, 5) is 4.39. The molecule has 0 aromatic heterocycles. The molecule has 0 radical (unpaired) electrons. The maximum Gasteiger partial charge on any atom is 0.191 e.